The van der Waals surface area contributed by atoms with Crippen molar-refractivity contribution in [1.82, 2.24) is 14.5 Å². The predicted molar refractivity (Wildman–Crippen MR) is 127 cm³/mol. The summed E-state index contributed by atoms with van der Waals surface area (Å²) < 4.78 is 25.3. The molecular weight excluding hydrogens is 446 g/mol. The van der Waals surface area contributed by atoms with Crippen LogP contribution in [0.15, 0.2) is 64.5 Å². The maximum atomic E-state index is 13.2. The average Bonchev–Trinajstić information content (AvgIpc) is 3.15. The van der Waals surface area contributed by atoms with Crippen LogP contribution in [0.3, 0.4) is 0 Å². The van der Waals surface area contributed by atoms with Gasteiger partial charge in [-0.2, -0.15) is 0 Å². The van der Waals surface area contributed by atoms with E-state index in [1.54, 1.807) is 21.6 Å². The van der Waals surface area contributed by atoms with Gasteiger partial charge in [-0.05, 0) is 31.0 Å². The molecule has 1 atom stereocenters. The van der Waals surface area contributed by atoms with Crippen LogP contribution in [0.1, 0.15) is 18.9 Å². The summed E-state index contributed by atoms with van der Waals surface area (Å²) in [6.07, 6.45) is 0.472. The lowest BCUT2D eigenvalue weighted by atomic mass is 10.2. The number of rotatable bonds is 7. The van der Waals surface area contributed by atoms with Gasteiger partial charge in [0, 0.05) is 12.6 Å². The number of carbonyl (C=O) groups is 1. The lowest BCUT2D eigenvalue weighted by molar-refractivity contribution is -0.129. The number of benzene rings is 2. The second-order valence-corrected chi connectivity index (χ2v) is 11.0. The zero-order valence-corrected chi connectivity index (χ0v) is 19.4. The predicted octanol–water partition coefficient (Wildman–Crippen LogP) is 2.57. The second kappa shape index (κ2) is 9.46. The molecule has 1 aliphatic heterocycles. The van der Waals surface area contributed by atoms with Gasteiger partial charge in [0.25, 0.3) is 5.56 Å². The minimum atomic E-state index is -3.08. The molecule has 7 nitrogen and oxygen atoms in total. The first-order valence-corrected chi connectivity index (χ1v) is 13.3. The van der Waals surface area contributed by atoms with Crippen molar-refractivity contribution in [2.24, 2.45) is 0 Å². The van der Waals surface area contributed by atoms with E-state index < -0.39 is 9.84 Å². The summed E-state index contributed by atoms with van der Waals surface area (Å²) in [4.78, 5) is 32.5. The summed E-state index contributed by atoms with van der Waals surface area (Å²) in [6.45, 7) is 2.65. The lowest BCUT2D eigenvalue weighted by Gasteiger charge is -2.26. The van der Waals surface area contributed by atoms with Crippen molar-refractivity contribution in [3.8, 4) is 0 Å². The molecule has 0 bridgehead atoms. The third-order valence-corrected chi connectivity index (χ3v) is 8.36. The molecule has 1 fully saturated rings. The maximum Gasteiger partial charge on any atom is 0.262 e. The Kier molecular flexibility index (Phi) is 6.66. The summed E-state index contributed by atoms with van der Waals surface area (Å²) in [5.74, 6) is 0.0826. The zero-order chi connectivity index (χ0) is 22.7. The molecule has 1 aliphatic rings. The summed E-state index contributed by atoms with van der Waals surface area (Å²) >= 11 is 1.22. The molecule has 0 saturated carbocycles. The Balaban J connectivity index is 1.61. The van der Waals surface area contributed by atoms with Gasteiger partial charge in [-0.3, -0.25) is 14.2 Å². The summed E-state index contributed by atoms with van der Waals surface area (Å²) in [5, 5.41) is 1.01. The van der Waals surface area contributed by atoms with Gasteiger partial charge in [0.05, 0.1) is 34.7 Å². The van der Waals surface area contributed by atoms with E-state index in [0.717, 1.165) is 5.56 Å². The van der Waals surface area contributed by atoms with Crippen LogP contribution in [0.2, 0.25) is 0 Å². The van der Waals surface area contributed by atoms with Crippen molar-refractivity contribution in [3.63, 3.8) is 0 Å². The fourth-order valence-electron chi connectivity index (χ4n) is 4.03. The number of carbonyl (C=O) groups excluding carboxylic acids is 1. The Morgan fingerprint density at radius 1 is 1.16 bits per heavy atom. The van der Waals surface area contributed by atoms with Crippen LogP contribution in [0.4, 0.5) is 0 Å². The fraction of sp³-hybridized carbons (Fsp3) is 0.348. The third kappa shape index (κ3) is 4.88. The van der Waals surface area contributed by atoms with Gasteiger partial charge in [-0.15, -0.1) is 0 Å². The van der Waals surface area contributed by atoms with Crippen LogP contribution in [0.5, 0.6) is 0 Å². The fourth-order valence-corrected chi connectivity index (χ4v) is 6.65. The van der Waals surface area contributed by atoms with E-state index in [2.05, 4.69) is 4.98 Å². The molecule has 0 N–H and O–H groups in total. The monoisotopic (exact) mass is 471 g/mol. The SMILES string of the molecule is CCN(C(=O)CSc1nc2ccccc2c(=O)n1Cc1ccccc1)C1CCS(=O)(=O)C1. The number of hydrogen-bond donors (Lipinski definition) is 0. The number of nitrogens with zero attached hydrogens (tertiary/aromatic N) is 3. The molecule has 4 rings (SSSR count). The van der Waals surface area contributed by atoms with Crippen molar-refractivity contribution < 1.29 is 13.2 Å². The molecule has 1 aromatic heterocycles. The number of para-hydroxylation sites is 1. The first kappa shape index (κ1) is 22.5. The topological polar surface area (TPSA) is 89.3 Å². The minimum Gasteiger partial charge on any atom is -0.338 e. The van der Waals surface area contributed by atoms with E-state index in [1.807, 2.05) is 49.4 Å². The highest BCUT2D eigenvalue weighted by Gasteiger charge is 2.33. The quantitative estimate of drug-likeness (QED) is 0.389. The van der Waals surface area contributed by atoms with Crippen LogP contribution in [-0.4, -0.2) is 58.6 Å². The highest BCUT2D eigenvalue weighted by atomic mass is 32.2. The first-order valence-electron chi connectivity index (χ1n) is 10.5. The number of aromatic nitrogens is 2. The van der Waals surface area contributed by atoms with E-state index in [-0.39, 0.29) is 34.8 Å². The Bertz CT molecular complexity index is 1290. The van der Waals surface area contributed by atoms with Crippen molar-refractivity contribution in [1.29, 1.82) is 0 Å². The maximum absolute atomic E-state index is 13.2. The van der Waals surface area contributed by atoms with Crippen molar-refractivity contribution >= 4 is 38.4 Å². The van der Waals surface area contributed by atoms with E-state index in [0.29, 0.717) is 35.6 Å². The molecule has 0 aliphatic carbocycles. The van der Waals surface area contributed by atoms with Crippen LogP contribution in [-0.2, 0) is 21.2 Å². The van der Waals surface area contributed by atoms with Crippen LogP contribution >= 0.6 is 11.8 Å². The van der Waals surface area contributed by atoms with Crippen molar-refractivity contribution in [3.05, 3.63) is 70.5 Å². The zero-order valence-electron chi connectivity index (χ0n) is 17.8. The number of thioether (sulfide) groups is 1. The molecule has 168 valence electrons. The minimum absolute atomic E-state index is 0.0180. The van der Waals surface area contributed by atoms with Crippen LogP contribution < -0.4 is 5.56 Å². The summed E-state index contributed by atoms with van der Waals surface area (Å²) in [5.41, 5.74) is 1.40. The van der Waals surface area contributed by atoms with E-state index >= 15 is 0 Å². The van der Waals surface area contributed by atoms with Crippen molar-refractivity contribution in [2.45, 2.75) is 31.1 Å². The lowest BCUT2D eigenvalue weighted by Crippen LogP contribution is -2.42. The highest BCUT2D eigenvalue weighted by molar-refractivity contribution is 7.99. The molecular formula is C23H25N3O4S2. The molecule has 1 amide bonds. The van der Waals surface area contributed by atoms with Crippen molar-refractivity contribution in [2.75, 3.05) is 23.8 Å². The second-order valence-electron chi connectivity index (χ2n) is 7.81. The molecule has 32 heavy (non-hydrogen) atoms. The van der Waals surface area contributed by atoms with Crippen LogP contribution in [0, 0.1) is 0 Å². The number of fused-ring (bicyclic) bond motifs is 1. The van der Waals surface area contributed by atoms with Gasteiger partial charge in [0.15, 0.2) is 15.0 Å². The molecule has 2 aromatic carbocycles. The largest absolute Gasteiger partial charge is 0.338 e. The molecule has 1 unspecified atom stereocenters. The van der Waals surface area contributed by atoms with Gasteiger partial charge in [0.2, 0.25) is 5.91 Å². The average molecular weight is 472 g/mol. The normalized spacial score (nSPS) is 17.5. The van der Waals surface area contributed by atoms with Crippen LogP contribution in [0.25, 0.3) is 10.9 Å². The molecule has 1 saturated heterocycles. The standard InChI is InChI=1S/C23H25N3O4S2/c1-2-25(18-12-13-32(29,30)16-18)21(27)15-31-23-24-20-11-7-6-10-19(20)22(28)26(23)14-17-8-4-3-5-9-17/h3-11,18H,2,12-16H2,1H3. The summed E-state index contributed by atoms with van der Waals surface area (Å²) in [7, 11) is -3.08. The Morgan fingerprint density at radius 3 is 2.56 bits per heavy atom. The number of amides is 1. The van der Waals surface area contributed by atoms with Gasteiger partial charge in [-0.25, -0.2) is 13.4 Å². The molecule has 0 radical (unpaired) electrons. The Hall–Kier alpha value is -2.65. The van der Waals surface area contributed by atoms with Gasteiger partial charge in [-0.1, -0.05) is 54.2 Å². The summed E-state index contributed by atoms with van der Waals surface area (Å²) in [6, 6.07) is 16.5. The number of sulfone groups is 1. The Labute approximate surface area is 191 Å². The molecule has 0 spiro atoms. The van der Waals surface area contributed by atoms with Gasteiger partial charge < -0.3 is 4.90 Å². The van der Waals surface area contributed by atoms with Gasteiger partial charge in [0.1, 0.15) is 0 Å². The smallest absolute Gasteiger partial charge is 0.262 e. The highest BCUT2D eigenvalue weighted by Crippen LogP contribution is 2.22. The number of hydrogen-bond acceptors (Lipinski definition) is 6. The molecule has 2 heterocycles. The van der Waals surface area contributed by atoms with E-state index in [9.17, 15) is 18.0 Å². The first-order chi connectivity index (χ1) is 15.4. The molecule has 9 heteroatoms. The third-order valence-electron chi connectivity index (χ3n) is 5.65. The van der Waals surface area contributed by atoms with E-state index in [4.69, 9.17) is 0 Å². The van der Waals surface area contributed by atoms with Gasteiger partial charge >= 0.3 is 0 Å². The van der Waals surface area contributed by atoms with E-state index in [1.165, 1.54) is 11.8 Å². The Morgan fingerprint density at radius 2 is 1.88 bits per heavy atom. The molecule has 3 aromatic rings.